The lowest BCUT2D eigenvalue weighted by molar-refractivity contribution is -0.161. The molecule has 96 heavy (non-hydrogen) atoms. The first-order chi connectivity index (χ1) is 46.7. The van der Waals surface area contributed by atoms with Crippen molar-refractivity contribution in [3.8, 4) is 0 Å². The monoisotopic (exact) mass is 1400 g/mol. The Morgan fingerprint density at radius 3 is 0.729 bits per heavy atom. The maximum absolute atomic E-state index is 13.1. The Morgan fingerprint density at radius 2 is 0.479 bits per heavy atom. The number of hydrogen-bond donors (Lipinski definition) is 3. The number of allylic oxidation sites excluding steroid dienone is 6. The van der Waals surface area contributed by atoms with Crippen molar-refractivity contribution in [1.82, 2.24) is 0 Å². The molecule has 0 aliphatic heterocycles. The Labute approximate surface area is 585 Å². The van der Waals surface area contributed by atoms with Crippen LogP contribution in [0.3, 0.4) is 0 Å². The molecule has 0 amide bonds. The van der Waals surface area contributed by atoms with Crippen LogP contribution in [0.2, 0.25) is 0 Å². The van der Waals surface area contributed by atoms with Gasteiger partial charge in [-0.15, -0.1) is 0 Å². The van der Waals surface area contributed by atoms with Gasteiger partial charge >= 0.3 is 39.5 Å². The normalized spacial score (nSPS) is 14.1. The molecule has 17 nitrogen and oxygen atoms in total. The number of ether oxygens (including phenoxy) is 4. The lowest BCUT2D eigenvalue weighted by Gasteiger charge is -2.21. The zero-order valence-corrected chi connectivity index (χ0v) is 63.4. The van der Waals surface area contributed by atoms with Gasteiger partial charge in [0.2, 0.25) is 0 Å². The number of rotatable bonds is 75. The van der Waals surface area contributed by atoms with Crippen LogP contribution in [0.4, 0.5) is 0 Å². The number of phosphoric acid groups is 2. The molecule has 0 rings (SSSR count). The van der Waals surface area contributed by atoms with E-state index in [2.05, 4.69) is 64.2 Å². The smallest absolute Gasteiger partial charge is 0.462 e. The fourth-order valence-corrected chi connectivity index (χ4v) is 12.6. The molecule has 0 fully saturated rings. The van der Waals surface area contributed by atoms with Crippen LogP contribution < -0.4 is 0 Å². The summed E-state index contributed by atoms with van der Waals surface area (Å²) in [7, 11) is -9.93. The number of aliphatic hydroxyl groups is 1. The van der Waals surface area contributed by atoms with Gasteiger partial charge in [-0.25, -0.2) is 9.13 Å². The maximum Gasteiger partial charge on any atom is 0.472 e. The highest BCUT2D eigenvalue weighted by molar-refractivity contribution is 7.47. The van der Waals surface area contributed by atoms with E-state index >= 15 is 0 Å². The van der Waals surface area contributed by atoms with Crippen molar-refractivity contribution in [1.29, 1.82) is 0 Å². The number of aliphatic hydroxyl groups excluding tert-OH is 1. The van der Waals surface area contributed by atoms with E-state index in [9.17, 15) is 43.2 Å². The molecule has 0 spiro atoms. The second-order valence-electron chi connectivity index (χ2n) is 26.7. The van der Waals surface area contributed by atoms with Crippen molar-refractivity contribution < 1.29 is 80.2 Å². The number of carbonyl (C=O) groups is 4. The lowest BCUT2D eigenvalue weighted by Crippen LogP contribution is -2.30. The molecule has 0 aromatic rings. The fourth-order valence-electron chi connectivity index (χ4n) is 11.0. The molecule has 0 saturated heterocycles. The predicted molar refractivity (Wildman–Crippen MR) is 391 cm³/mol. The number of hydrogen-bond acceptors (Lipinski definition) is 15. The van der Waals surface area contributed by atoms with Crippen LogP contribution in [0.5, 0.6) is 0 Å². The second kappa shape index (κ2) is 70.7. The molecule has 3 N–H and O–H groups in total. The van der Waals surface area contributed by atoms with Crippen molar-refractivity contribution >= 4 is 39.5 Å². The van der Waals surface area contributed by atoms with Crippen LogP contribution in [0.15, 0.2) is 36.5 Å². The Kier molecular flexibility index (Phi) is 68.7. The largest absolute Gasteiger partial charge is 0.472 e. The minimum Gasteiger partial charge on any atom is -0.462 e. The van der Waals surface area contributed by atoms with Crippen molar-refractivity contribution in [2.24, 2.45) is 0 Å². The summed E-state index contributed by atoms with van der Waals surface area (Å²) in [6, 6.07) is 0. The van der Waals surface area contributed by atoms with Crippen LogP contribution in [-0.2, 0) is 65.4 Å². The van der Waals surface area contributed by atoms with Crippen LogP contribution >= 0.6 is 15.6 Å². The highest BCUT2D eigenvalue weighted by Crippen LogP contribution is 2.45. The molecule has 0 bridgehead atoms. The number of phosphoric ester groups is 2. The van der Waals surface area contributed by atoms with Gasteiger partial charge in [0.25, 0.3) is 0 Å². The summed E-state index contributed by atoms with van der Waals surface area (Å²) >= 11 is 0. The van der Waals surface area contributed by atoms with E-state index in [1.807, 2.05) is 0 Å². The number of carbonyl (C=O) groups excluding carboxylic acids is 4. The average molecular weight is 1400 g/mol. The van der Waals surface area contributed by atoms with Crippen LogP contribution in [0, 0.1) is 0 Å². The Morgan fingerprint density at radius 1 is 0.281 bits per heavy atom. The first-order valence-electron chi connectivity index (χ1n) is 39.2. The molecule has 5 unspecified atom stereocenters. The van der Waals surface area contributed by atoms with Crippen LogP contribution in [-0.4, -0.2) is 96.7 Å². The summed E-state index contributed by atoms with van der Waals surface area (Å²) in [5.41, 5.74) is 0. The van der Waals surface area contributed by atoms with E-state index in [1.165, 1.54) is 161 Å². The fraction of sp³-hybridized carbons (Fsp3) is 0.870. The van der Waals surface area contributed by atoms with Crippen LogP contribution in [0.1, 0.15) is 374 Å². The molecule has 0 aromatic heterocycles. The van der Waals surface area contributed by atoms with Gasteiger partial charge in [-0.3, -0.25) is 37.3 Å². The molecule has 0 aromatic carbocycles. The second-order valence-corrected chi connectivity index (χ2v) is 29.6. The van der Waals surface area contributed by atoms with Crippen LogP contribution in [0.25, 0.3) is 0 Å². The molecule has 0 heterocycles. The van der Waals surface area contributed by atoms with Gasteiger partial charge in [0.05, 0.1) is 26.4 Å². The molecular weight excluding hydrogens is 1260 g/mol. The zero-order valence-electron chi connectivity index (χ0n) is 61.6. The van der Waals surface area contributed by atoms with E-state index in [0.29, 0.717) is 25.7 Å². The summed E-state index contributed by atoms with van der Waals surface area (Å²) in [4.78, 5) is 72.8. The van der Waals surface area contributed by atoms with Gasteiger partial charge in [0.15, 0.2) is 12.2 Å². The van der Waals surface area contributed by atoms with E-state index < -0.39 is 97.5 Å². The third-order valence-electron chi connectivity index (χ3n) is 17.1. The quantitative estimate of drug-likeness (QED) is 0.0169. The summed E-state index contributed by atoms with van der Waals surface area (Å²) in [5, 5.41) is 10.6. The molecule has 19 heteroatoms. The molecular formula is C77H144O17P2. The van der Waals surface area contributed by atoms with Gasteiger partial charge in [0.1, 0.15) is 19.3 Å². The van der Waals surface area contributed by atoms with E-state index in [-0.39, 0.29) is 25.7 Å². The highest BCUT2D eigenvalue weighted by Gasteiger charge is 2.30. The summed E-state index contributed by atoms with van der Waals surface area (Å²) < 4.78 is 68.5. The highest BCUT2D eigenvalue weighted by atomic mass is 31.2. The molecule has 5 atom stereocenters. The van der Waals surface area contributed by atoms with Gasteiger partial charge < -0.3 is 33.8 Å². The minimum atomic E-state index is -4.97. The summed E-state index contributed by atoms with van der Waals surface area (Å²) in [5.74, 6) is -2.16. The molecule has 0 aliphatic carbocycles. The molecule has 0 radical (unpaired) electrons. The molecule has 0 saturated carbocycles. The van der Waals surface area contributed by atoms with E-state index in [4.69, 9.17) is 37.0 Å². The van der Waals surface area contributed by atoms with Crippen molar-refractivity contribution in [3.63, 3.8) is 0 Å². The Hall–Kier alpha value is -2.72. The average Bonchev–Trinajstić information content (AvgIpc) is 1.14. The predicted octanol–water partition coefficient (Wildman–Crippen LogP) is 22.3. The lowest BCUT2D eigenvalue weighted by atomic mass is 10.0. The summed E-state index contributed by atoms with van der Waals surface area (Å²) in [6.07, 6.45) is 65.5. The van der Waals surface area contributed by atoms with Crippen molar-refractivity contribution in [3.05, 3.63) is 36.5 Å². The summed E-state index contributed by atoms with van der Waals surface area (Å²) in [6.45, 7) is 4.90. The zero-order chi connectivity index (χ0) is 70.4. The third-order valence-corrected chi connectivity index (χ3v) is 19.0. The maximum atomic E-state index is 13.1. The van der Waals surface area contributed by atoms with Gasteiger partial charge in [-0.1, -0.05) is 282 Å². The molecule has 564 valence electrons. The van der Waals surface area contributed by atoms with Gasteiger partial charge in [-0.2, -0.15) is 0 Å². The Balaban J connectivity index is 5.31. The minimum absolute atomic E-state index is 0.0892. The number of esters is 4. The topological polar surface area (TPSA) is 237 Å². The van der Waals surface area contributed by atoms with Gasteiger partial charge in [0, 0.05) is 25.7 Å². The number of unbranched alkanes of at least 4 members (excludes halogenated alkanes) is 43. The first kappa shape index (κ1) is 93.3. The van der Waals surface area contributed by atoms with Crippen molar-refractivity contribution in [2.45, 2.75) is 393 Å². The first-order valence-corrected chi connectivity index (χ1v) is 42.2. The van der Waals surface area contributed by atoms with E-state index in [1.54, 1.807) is 0 Å². The molecule has 0 aliphatic rings. The third kappa shape index (κ3) is 69.7. The van der Waals surface area contributed by atoms with E-state index in [0.717, 1.165) is 135 Å². The van der Waals surface area contributed by atoms with Gasteiger partial charge in [-0.05, 0) is 103 Å². The SMILES string of the molecule is CCCCCC/C=C\CCCCCCCC(=O)OC(COC(=O)CCCCCCC/C=C\CCCCCCCC)COP(=O)(O)OCC(O)COP(=O)(O)OCC(COC(=O)CCCCCCCCCCCCCCC)OC(=O)CCCCCCC/C=C\CCCCCCCC. The van der Waals surface area contributed by atoms with Crippen molar-refractivity contribution in [2.75, 3.05) is 39.6 Å². The Bertz CT molecular complexity index is 1970. The standard InChI is InChI=1S/C77H144O17P2/c1-5-9-13-17-21-25-29-33-35-39-42-46-50-54-58-62-75(80)88-68-72(93-76(81)63-59-55-51-47-43-38-32-28-24-20-16-12-8-4)69-91-95(83,84)89-65-71(78)66-90-96(85,86)92-70-73(67-87-74(79)61-57-53-49-45-41-37-31-27-23-19-15-11-7-3)94-77(82)64-60-56-52-48-44-40-36-34-30-26-22-18-14-10-6-2/h28,32-36,71-73,78H,5-27,29-31,37-70H2,1-4H3,(H,83,84)(H,85,86)/b32-28-,35-33-,36-34-.